The van der Waals surface area contributed by atoms with Gasteiger partial charge in [0.2, 0.25) is 5.56 Å². The van der Waals surface area contributed by atoms with Crippen LogP contribution in [-0.2, 0) is 0 Å². The van der Waals surface area contributed by atoms with Gasteiger partial charge in [0.1, 0.15) is 11.4 Å². The van der Waals surface area contributed by atoms with Gasteiger partial charge in [0.05, 0.1) is 5.69 Å². The van der Waals surface area contributed by atoms with E-state index in [2.05, 4.69) is 4.98 Å². The molecule has 0 bridgehead atoms. The van der Waals surface area contributed by atoms with E-state index in [1.807, 2.05) is 13.8 Å². The zero-order chi connectivity index (χ0) is 14.7. The Labute approximate surface area is 116 Å². The van der Waals surface area contributed by atoms with Crippen molar-refractivity contribution in [3.8, 4) is 5.75 Å². The molecule has 2 rings (SSSR count). The summed E-state index contributed by atoms with van der Waals surface area (Å²) in [5, 5.41) is 9.58. The SMILES string of the molecule is CCN(C(=O)c1cccc(=O)[nH]1)c1cc(O)ccc1C. The van der Waals surface area contributed by atoms with Crippen LogP contribution in [0.5, 0.6) is 5.75 Å². The van der Waals surface area contributed by atoms with E-state index in [0.29, 0.717) is 12.2 Å². The molecule has 1 aromatic heterocycles. The predicted octanol–water partition coefficient (Wildman–Crippen LogP) is 2.06. The molecule has 1 amide bonds. The number of hydrogen-bond acceptors (Lipinski definition) is 3. The Morgan fingerprint density at radius 1 is 1.30 bits per heavy atom. The Bertz CT molecular complexity index is 692. The van der Waals surface area contributed by atoms with Gasteiger partial charge in [-0.1, -0.05) is 12.1 Å². The number of H-pyrrole nitrogens is 1. The lowest BCUT2D eigenvalue weighted by Gasteiger charge is -2.23. The summed E-state index contributed by atoms with van der Waals surface area (Å²) in [4.78, 5) is 27.8. The zero-order valence-corrected chi connectivity index (χ0v) is 11.4. The van der Waals surface area contributed by atoms with Crippen molar-refractivity contribution in [2.75, 3.05) is 11.4 Å². The maximum Gasteiger partial charge on any atom is 0.274 e. The molecule has 1 heterocycles. The number of anilines is 1. The number of nitrogens with zero attached hydrogens (tertiary/aromatic N) is 1. The lowest BCUT2D eigenvalue weighted by Crippen LogP contribution is -2.32. The summed E-state index contributed by atoms with van der Waals surface area (Å²) in [5.41, 5.74) is 1.40. The van der Waals surface area contributed by atoms with Gasteiger partial charge in [0, 0.05) is 18.7 Å². The van der Waals surface area contributed by atoms with Crippen molar-refractivity contribution < 1.29 is 9.90 Å². The van der Waals surface area contributed by atoms with Crippen LogP contribution in [0.1, 0.15) is 23.0 Å². The first-order valence-electron chi connectivity index (χ1n) is 6.33. The van der Waals surface area contributed by atoms with Gasteiger partial charge in [0.15, 0.2) is 0 Å². The number of aromatic amines is 1. The molecule has 104 valence electrons. The van der Waals surface area contributed by atoms with E-state index in [0.717, 1.165) is 5.56 Å². The molecule has 0 fully saturated rings. The van der Waals surface area contributed by atoms with Crippen LogP contribution >= 0.6 is 0 Å². The number of hydrogen-bond donors (Lipinski definition) is 2. The molecule has 1 aromatic carbocycles. The van der Waals surface area contributed by atoms with E-state index in [1.165, 1.54) is 23.1 Å². The molecule has 0 spiro atoms. The van der Waals surface area contributed by atoms with Gasteiger partial charge in [0.25, 0.3) is 5.91 Å². The number of phenols is 1. The molecule has 0 aliphatic carbocycles. The van der Waals surface area contributed by atoms with Gasteiger partial charge >= 0.3 is 0 Å². The molecule has 0 aliphatic heterocycles. The van der Waals surface area contributed by atoms with E-state index in [9.17, 15) is 14.7 Å². The molecule has 0 saturated heterocycles. The van der Waals surface area contributed by atoms with Gasteiger partial charge in [-0.15, -0.1) is 0 Å². The van der Waals surface area contributed by atoms with Gasteiger partial charge in [-0.05, 0) is 31.5 Å². The average Bonchev–Trinajstić information content (AvgIpc) is 2.43. The van der Waals surface area contributed by atoms with E-state index in [4.69, 9.17) is 0 Å². The summed E-state index contributed by atoms with van der Waals surface area (Å²) in [6, 6.07) is 9.31. The summed E-state index contributed by atoms with van der Waals surface area (Å²) >= 11 is 0. The number of amides is 1. The molecule has 20 heavy (non-hydrogen) atoms. The average molecular weight is 272 g/mol. The van der Waals surface area contributed by atoms with Crippen molar-refractivity contribution in [3.63, 3.8) is 0 Å². The highest BCUT2D eigenvalue weighted by Crippen LogP contribution is 2.25. The predicted molar refractivity (Wildman–Crippen MR) is 77.3 cm³/mol. The van der Waals surface area contributed by atoms with Crippen molar-refractivity contribution in [3.05, 3.63) is 58.0 Å². The Kier molecular flexibility index (Phi) is 3.89. The van der Waals surface area contributed by atoms with E-state index < -0.39 is 0 Å². The molecular formula is C15H16N2O3. The minimum Gasteiger partial charge on any atom is -0.508 e. The van der Waals surface area contributed by atoms with Crippen LogP contribution in [0.2, 0.25) is 0 Å². The standard InChI is InChI=1S/C15H16N2O3/c1-3-17(13-9-11(18)8-7-10(13)2)15(20)12-5-4-6-14(19)16-12/h4-9,18H,3H2,1-2H3,(H,16,19). The highest BCUT2D eigenvalue weighted by molar-refractivity contribution is 6.05. The number of aromatic nitrogens is 1. The fourth-order valence-corrected chi connectivity index (χ4v) is 2.03. The number of benzene rings is 1. The van der Waals surface area contributed by atoms with Crippen molar-refractivity contribution in [2.45, 2.75) is 13.8 Å². The number of aromatic hydroxyl groups is 1. The highest BCUT2D eigenvalue weighted by Gasteiger charge is 2.18. The second-order valence-corrected chi connectivity index (χ2v) is 4.45. The molecular weight excluding hydrogens is 256 g/mol. The Morgan fingerprint density at radius 2 is 2.05 bits per heavy atom. The fraction of sp³-hybridized carbons (Fsp3) is 0.200. The van der Waals surface area contributed by atoms with Crippen molar-refractivity contribution in [1.82, 2.24) is 4.98 Å². The molecule has 2 aromatic rings. The number of rotatable bonds is 3. The fourth-order valence-electron chi connectivity index (χ4n) is 2.03. The molecule has 0 saturated carbocycles. The normalized spacial score (nSPS) is 10.3. The highest BCUT2D eigenvalue weighted by atomic mass is 16.3. The number of carbonyl (C=O) groups excluding carboxylic acids is 1. The lowest BCUT2D eigenvalue weighted by atomic mass is 10.1. The first-order chi connectivity index (χ1) is 9.52. The summed E-state index contributed by atoms with van der Waals surface area (Å²) in [6.07, 6.45) is 0. The van der Waals surface area contributed by atoms with Crippen molar-refractivity contribution in [1.29, 1.82) is 0 Å². The zero-order valence-electron chi connectivity index (χ0n) is 11.4. The summed E-state index contributed by atoms with van der Waals surface area (Å²) in [6.45, 7) is 4.13. The van der Waals surface area contributed by atoms with E-state index >= 15 is 0 Å². The third kappa shape index (κ3) is 2.71. The number of carbonyl (C=O) groups is 1. The van der Waals surface area contributed by atoms with Crippen LogP contribution in [0.25, 0.3) is 0 Å². The summed E-state index contributed by atoms with van der Waals surface area (Å²) in [5.74, 6) is -0.211. The van der Waals surface area contributed by atoms with Crippen LogP contribution in [0, 0.1) is 6.92 Å². The maximum atomic E-state index is 12.5. The Morgan fingerprint density at radius 3 is 2.70 bits per heavy atom. The number of aryl methyl sites for hydroxylation is 1. The van der Waals surface area contributed by atoms with Gasteiger partial charge in [-0.2, -0.15) is 0 Å². The summed E-state index contributed by atoms with van der Waals surface area (Å²) in [7, 11) is 0. The minimum absolute atomic E-state index is 0.0957. The summed E-state index contributed by atoms with van der Waals surface area (Å²) < 4.78 is 0. The van der Waals surface area contributed by atoms with E-state index in [-0.39, 0.29) is 22.9 Å². The first kappa shape index (κ1) is 13.9. The van der Waals surface area contributed by atoms with Crippen LogP contribution < -0.4 is 10.5 Å². The van der Waals surface area contributed by atoms with Gasteiger partial charge in [-0.3, -0.25) is 9.59 Å². The third-order valence-electron chi connectivity index (χ3n) is 3.04. The molecule has 0 aliphatic rings. The molecule has 5 heteroatoms. The quantitative estimate of drug-likeness (QED) is 0.898. The minimum atomic E-state index is -0.320. The molecule has 0 unspecified atom stereocenters. The molecule has 5 nitrogen and oxygen atoms in total. The third-order valence-corrected chi connectivity index (χ3v) is 3.04. The van der Waals surface area contributed by atoms with Crippen molar-refractivity contribution in [2.24, 2.45) is 0 Å². The van der Waals surface area contributed by atoms with Crippen LogP contribution in [0.3, 0.4) is 0 Å². The second kappa shape index (κ2) is 5.61. The Hall–Kier alpha value is -2.56. The second-order valence-electron chi connectivity index (χ2n) is 4.45. The largest absolute Gasteiger partial charge is 0.508 e. The van der Waals surface area contributed by atoms with Crippen LogP contribution in [-0.4, -0.2) is 22.5 Å². The lowest BCUT2D eigenvalue weighted by molar-refractivity contribution is 0.0983. The van der Waals surface area contributed by atoms with Gasteiger partial charge in [-0.25, -0.2) is 0 Å². The van der Waals surface area contributed by atoms with Crippen LogP contribution in [0.4, 0.5) is 5.69 Å². The maximum absolute atomic E-state index is 12.5. The topological polar surface area (TPSA) is 73.4 Å². The number of nitrogens with one attached hydrogen (secondary N) is 1. The number of phenolic OH excluding ortho intramolecular Hbond substituents is 1. The van der Waals surface area contributed by atoms with Gasteiger partial charge < -0.3 is 15.0 Å². The molecule has 2 N–H and O–H groups in total. The first-order valence-corrected chi connectivity index (χ1v) is 6.33. The smallest absolute Gasteiger partial charge is 0.274 e. The molecule has 0 atom stereocenters. The number of pyridine rings is 1. The monoisotopic (exact) mass is 272 g/mol. The van der Waals surface area contributed by atoms with Crippen LogP contribution in [0.15, 0.2) is 41.2 Å². The molecule has 0 radical (unpaired) electrons. The van der Waals surface area contributed by atoms with E-state index in [1.54, 1.807) is 18.2 Å². The van der Waals surface area contributed by atoms with Crippen molar-refractivity contribution >= 4 is 11.6 Å². The Balaban J connectivity index is 2.44.